The molecule has 7 heteroatoms. The van der Waals surface area contributed by atoms with Crippen molar-refractivity contribution in [3.8, 4) is 11.8 Å². The van der Waals surface area contributed by atoms with Gasteiger partial charge in [0.25, 0.3) is 5.69 Å². The van der Waals surface area contributed by atoms with E-state index in [4.69, 9.17) is 4.74 Å². The molecule has 0 saturated heterocycles. The number of hydrogen-bond donors (Lipinski definition) is 0. The smallest absolute Gasteiger partial charge is 0.270 e. The van der Waals surface area contributed by atoms with E-state index in [1.807, 2.05) is 13.0 Å². The molecule has 0 heterocycles. The predicted octanol–water partition coefficient (Wildman–Crippen LogP) is 4.55. The minimum atomic E-state index is -0.587. The molecule has 0 saturated carbocycles. The van der Waals surface area contributed by atoms with Gasteiger partial charge < -0.3 is 4.74 Å². The van der Waals surface area contributed by atoms with E-state index in [0.717, 1.165) is 6.07 Å². The van der Waals surface area contributed by atoms with Gasteiger partial charge in [0.2, 0.25) is 5.78 Å². The number of benzene rings is 2. The Morgan fingerprint density at radius 1 is 1.36 bits per heavy atom. The first-order valence-electron chi connectivity index (χ1n) is 7.29. The van der Waals surface area contributed by atoms with Crippen LogP contribution in [0.1, 0.15) is 22.8 Å². The van der Waals surface area contributed by atoms with Crippen molar-refractivity contribution < 1.29 is 14.5 Å². The molecule has 0 aliphatic rings. The SMILES string of the molecule is CCOc1ccc(/C=C(\C#N)C(=O)c2cccc([N+](=O)[O-])c2)cc1Br. The Labute approximate surface area is 152 Å². The van der Waals surface area contributed by atoms with E-state index < -0.39 is 10.7 Å². The number of nitriles is 1. The molecule has 0 atom stereocenters. The summed E-state index contributed by atoms with van der Waals surface area (Å²) in [5, 5.41) is 20.1. The number of ether oxygens (including phenoxy) is 1. The first-order chi connectivity index (χ1) is 12.0. The quantitative estimate of drug-likeness (QED) is 0.233. The summed E-state index contributed by atoms with van der Waals surface area (Å²) in [4.78, 5) is 22.7. The molecule has 2 rings (SSSR count). The molecule has 6 nitrogen and oxygen atoms in total. The van der Waals surface area contributed by atoms with Crippen LogP contribution in [0.2, 0.25) is 0 Å². The highest BCUT2D eigenvalue weighted by Crippen LogP contribution is 2.27. The lowest BCUT2D eigenvalue weighted by molar-refractivity contribution is -0.384. The highest BCUT2D eigenvalue weighted by molar-refractivity contribution is 9.10. The van der Waals surface area contributed by atoms with Gasteiger partial charge in [-0.1, -0.05) is 18.2 Å². The maximum absolute atomic E-state index is 12.5. The zero-order chi connectivity index (χ0) is 18.4. The van der Waals surface area contributed by atoms with E-state index >= 15 is 0 Å². The lowest BCUT2D eigenvalue weighted by Crippen LogP contribution is -2.03. The molecule has 126 valence electrons. The maximum atomic E-state index is 12.5. The van der Waals surface area contributed by atoms with Gasteiger partial charge in [0.1, 0.15) is 17.4 Å². The summed E-state index contributed by atoms with van der Waals surface area (Å²) in [6.45, 7) is 2.38. The predicted molar refractivity (Wildman–Crippen MR) is 96.3 cm³/mol. The van der Waals surface area contributed by atoms with Gasteiger partial charge in [-0.15, -0.1) is 0 Å². The zero-order valence-corrected chi connectivity index (χ0v) is 14.8. The summed E-state index contributed by atoms with van der Waals surface area (Å²) in [5.41, 5.74) is 0.404. The third kappa shape index (κ3) is 4.52. The first kappa shape index (κ1) is 18.4. The number of nitrogens with zero attached hydrogens (tertiary/aromatic N) is 2. The van der Waals surface area contributed by atoms with Gasteiger partial charge in [-0.05, 0) is 46.6 Å². The summed E-state index contributed by atoms with van der Waals surface area (Å²) in [7, 11) is 0. The number of hydrogen-bond acceptors (Lipinski definition) is 5. The van der Waals surface area contributed by atoms with Crippen LogP contribution in [0.4, 0.5) is 5.69 Å². The van der Waals surface area contributed by atoms with Gasteiger partial charge in [0, 0.05) is 17.7 Å². The van der Waals surface area contributed by atoms with Crippen LogP contribution in [0.5, 0.6) is 5.75 Å². The summed E-state index contributed by atoms with van der Waals surface area (Å²) in [6, 6.07) is 12.3. The zero-order valence-electron chi connectivity index (χ0n) is 13.2. The Balaban J connectivity index is 2.36. The number of carbonyl (C=O) groups is 1. The lowest BCUT2D eigenvalue weighted by Gasteiger charge is -2.06. The largest absolute Gasteiger partial charge is 0.493 e. The molecule has 0 N–H and O–H groups in total. The Kier molecular flexibility index (Phi) is 6.03. The molecule has 0 spiro atoms. The van der Waals surface area contributed by atoms with Crippen LogP contribution in [-0.2, 0) is 0 Å². The summed E-state index contributed by atoms with van der Waals surface area (Å²) < 4.78 is 6.11. The van der Waals surface area contributed by atoms with E-state index in [0.29, 0.717) is 22.4 Å². The molecule has 0 aliphatic carbocycles. The van der Waals surface area contributed by atoms with Gasteiger partial charge in [0.05, 0.1) is 16.0 Å². The molecule has 0 amide bonds. The van der Waals surface area contributed by atoms with Crippen molar-refractivity contribution in [3.05, 3.63) is 73.8 Å². The van der Waals surface area contributed by atoms with Crippen molar-refractivity contribution >= 4 is 33.5 Å². The van der Waals surface area contributed by atoms with Crippen LogP contribution < -0.4 is 4.74 Å². The van der Waals surface area contributed by atoms with Crippen molar-refractivity contribution in [1.29, 1.82) is 5.26 Å². The molecule has 2 aromatic carbocycles. The van der Waals surface area contributed by atoms with E-state index in [1.54, 1.807) is 18.2 Å². The molecular formula is C18H13BrN2O4. The maximum Gasteiger partial charge on any atom is 0.270 e. The fourth-order valence-electron chi connectivity index (χ4n) is 2.11. The standard InChI is InChI=1S/C18H13BrN2O4/c1-2-25-17-7-6-12(9-16(17)19)8-14(11-20)18(22)13-4-3-5-15(10-13)21(23)24/h3-10H,2H2,1H3/b14-8+. The van der Waals surface area contributed by atoms with Crippen molar-refractivity contribution in [1.82, 2.24) is 0 Å². The highest BCUT2D eigenvalue weighted by Gasteiger charge is 2.16. The minimum Gasteiger partial charge on any atom is -0.493 e. The summed E-state index contributed by atoms with van der Waals surface area (Å²) in [5.74, 6) is 0.0828. The Bertz CT molecular complexity index is 900. The molecule has 0 radical (unpaired) electrons. The van der Waals surface area contributed by atoms with E-state index in [1.165, 1.54) is 24.3 Å². The van der Waals surface area contributed by atoms with Crippen LogP contribution in [0.25, 0.3) is 6.08 Å². The van der Waals surface area contributed by atoms with E-state index in [2.05, 4.69) is 15.9 Å². The van der Waals surface area contributed by atoms with Gasteiger partial charge in [-0.3, -0.25) is 14.9 Å². The van der Waals surface area contributed by atoms with Gasteiger partial charge >= 0.3 is 0 Å². The Morgan fingerprint density at radius 3 is 2.72 bits per heavy atom. The number of nitro benzene ring substituents is 1. The van der Waals surface area contributed by atoms with Crippen molar-refractivity contribution in [3.63, 3.8) is 0 Å². The number of non-ortho nitro benzene ring substituents is 1. The van der Waals surface area contributed by atoms with Gasteiger partial charge in [-0.25, -0.2) is 0 Å². The van der Waals surface area contributed by atoms with Crippen LogP contribution in [-0.4, -0.2) is 17.3 Å². The Morgan fingerprint density at radius 2 is 2.12 bits per heavy atom. The van der Waals surface area contributed by atoms with E-state index in [-0.39, 0.29) is 16.8 Å². The fourth-order valence-corrected chi connectivity index (χ4v) is 2.62. The number of allylic oxidation sites excluding steroid dienone is 1. The van der Waals surface area contributed by atoms with Crippen LogP contribution >= 0.6 is 15.9 Å². The minimum absolute atomic E-state index is 0.0898. The van der Waals surface area contributed by atoms with Crippen LogP contribution in [0.15, 0.2) is 52.5 Å². The molecule has 25 heavy (non-hydrogen) atoms. The van der Waals surface area contributed by atoms with Crippen molar-refractivity contribution in [2.45, 2.75) is 6.92 Å². The molecule has 0 bridgehead atoms. The lowest BCUT2D eigenvalue weighted by atomic mass is 10.0. The number of halogens is 1. The van der Waals surface area contributed by atoms with Crippen molar-refractivity contribution in [2.24, 2.45) is 0 Å². The molecule has 0 aromatic heterocycles. The number of nitro groups is 1. The van der Waals surface area contributed by atoms with E-state index in [9.17, 15) is 20.2 Å². The fraction of sp³-hybridized carbons (Fsp3) is 0.111. The topological polar surface area (TPSA) is 93.2 Å². The van der Waals surface area contributed by atoms with Crippen molar-refractivity contribution in [2.75, 3.05) is 6.61 Å². The molecule has 0 aliphatic heterocycles. The third-order valence-corrected chi connectivity index (χ3v) is 3.87. The number of ketones is 1. The monoisotopic (exact) mass is 400 g/mol. The molecular weight excluding hydrogens is 388 g/mol. The average molecular weight is 401 g/mol. The number of rotatable bonds is 6. The second kappa shape index (κ2) is 8.22. The van der Waals surface area contributed by atoms with Gasteiger partial charge in [-0.2, -0.15) is 5.26 Å². The molecule has 2 aromatic rings. The second-order valence-corrected chi connectivity index (χ2v) is 5.78. The first-order valence-corrected chi connectivity index (χ1v) is 8.09. The summed E-state index contributed by atoms with van der Waals surface area (Å²) >= 11 is 3.37. The van der Waals surface area contributed by atoms with Gasteiger partial charge in [0.15, 0.2) is 0 Å². The third-order valence-electron chi connectivity index (χ3n) is 3.25. The second-order valence-electron chi connectivity index (χ2n) is 4.93. The number of carbonyl (C=O) groups excluding carboxylic acids is 1. The highest BCUT2D eigenvalue weighted by atomic mass is 79.9. The molecule has 0 unspecified atom stereocenters. The molecule has 0 fully saturated rings. The normalized spacial score (nSPS) is 10.8. The average Bonchev–Trinajstić information content (AvgIpc) is 2.61. The number of Topliss-reactive ketones (excluding diaryl/α,β-unsaturated/α-hetero) is 1. The van der Waals surface area contributed by atoms with Crippen LogP contribution in [0, 0.1) is 21.4 Å². The van der Waals surface area contributed by atoms with Crippen LogP contribution in [0.3, 0.4) is 0 Å². The Hall–Kier alpha value is -2.98. The summed E-state index contributed by atoms with van der Waals surface area (Å²) in [6.07, 6.45) is 1.43.